The number of para-hydroxylation sites is 1. The van der Waals surface area contributed by atoms with E-state index in [4.69, 9.17) is 0 Å². The van der Waals surface area contributed by atoms with Crippen molar-refractivity contribution in [3.63, 3.8) is 0 Å². The largest absolute Gasteiger partial charge is 0.369 e. The summed E-state index contributed by atoms with van der Waals surface area (Å²) in [6.07, 6.45) is 0.236. The van der Waals surface area contributed by atoms with Gasteiger partial charge < -0.3 is 4.90 Å². The van der Waals surface area contributed by atoms with Crippen LogP contribution in [0.5, 0.6) is 0 Å². The van der Waals surface area contributed by atoms with Crippen LogP contribution in [0.15, 0.2) is 42.5 Å². The lowest BCUT2D eigenvalue weighted by atomic mass is 10.1. The van der Waals surface area contributed by atoms with Crippen LogP contribution in [-0.4, -0.2) is 54.7 Å². The summed E-state index contributed by atoms with van der Waals surface area (Å²) in [5.41, 5.74) is 4.40. The number of aryl methyl sites for hydroxylation is 2. The topological polar surface area (TPSA) is 60.9 Å². The lowest BCUT2D eigenvalue weighted by molar-refractivity contribution is -0.123. The highest BCUT2D eigenvalue weighted by Crippen LogP contribution is 2.31. The Morgan fingerprint density at radius 3 is 2.07 bits per heavy atom. The van der Waals surface area contributed by atoms with E-state index in [1.807, 2.05) is 56.3 Å². The number of imide groups is 1. The number of carbonyl (C=O) groups is 3. The highest BCUT2D eigenvalue weighted by Gasteiger charge is 2.44. The van der Waals surface area contributed by atoms with E-state index in [1.54, 1.807) is 6.92 Å². The molecule has 0 bridgehead atoms. The van der Waals surface area contributed by atoms with E-state index in [0.29, 0.717) is 5.56 Å². The van der Waals surface area contributed by atoms with Gasteiger partial charge in [0.2, 0.25) is 5.91 Å². The molecule has 0 spiro atoms. The van der Waals surface area contributed by atoms with Gasteiger partial charge in [-0.05, 0) is 56.2 Å². The molecule has 4 rings (SSSR count). The second-order valence-electron chi connectivity index (χ2n) is 8.15. The highest BCUT2D eigenvalue weighted by atomic mass is 16.2. The fourth-order valence-corrected chi connectivity index (χ4v) is 4.49. The number of amides is 2. The number of nitrogens with zero attached hydrogens (tertiary/aromatic N) is 3. The first kappa shape index (κ1) is 20.3. The molecular weight excluding hydrogens is 378 g/mol. The highest BCUT2D eigenvalue weighted by molar-refractivity contribution is 6.23. The first-order valence-electron chi connectivity index (χ1n) is 10.4. The molecule has 2 aromatic carbocycles. The maximum atomic E-state index is 13.2. The van der Waals surface area contributed by atoms with Gasteiger partial charge in [0.1, 0.15) is 0 Å². The van der Waals surface area contributed by atoms with Crippen molar-refractivity contribution in [2.75, 3.05) is 36.0 Å². The number of piperazine rings is 1. The third-order valence-electron chi connectivity index (χ3n) is 6.18. The minimum absolute atomic E-state index is 0.0595. The molecule has 0 radical (unpaired) electrons. The maximum Gasteiger partial charge on any atom is 0.251 e. The van der Waals surface area contributed by atoms with Crippen molar-refractivity contribution in [1.82, 2.24) is 4.90 Å². The van der Waals surface area contributed by atoms with Gasteiger partial charge in [0.15, 0.2) is 5.78 Å². The molecule has 156 valence electrons. The zero-order valence-electron chi connectivity index (χ0n) is 17.7. The fraction of sp³-hybridized carbons (Fsp3) is 0.375. The van der Waals surface area contributed by atoms with Crippen LogP contribution in [0.25, 0.3) is 0 Å². The van der Waals surface area contributed by atoms with Crippen molar-refractivity contribution >= 4 is 29.0 Å². The molecule has 30 heavy (non-hydrogen) atoms. The van der Waals surface area contributed by atoms with Crippen molar-refractivity contribution in [3.05, 3.63) is 59.2 Å². The number of anilines is 2. The van der Waals surface area contributed by atoms with E-state index in [-0.39, 0.29) is 24.0 Å². The molecular formula is C24H27N3O3. The third kappa shape index (κ3) is 3.63. The van der Waals surface area contributed by atoms with Crippen molar-refractivity contribution in [3.8, 4) is 0 Å². The standard InChI is InChI=1S/C24H27N3O3/c1-16-5-4-6-17(2)23(16)27-22(29)15-21(24(27)30)26-13-11-25(12-14-26)20-9-7-19(8-10-20)18(3)28/h4-10,21H,11-15H2,1-3H3. The summed E-state index contributed by atoms with van der Waals surface area (Å²) in [5, 5.41) is 0. The van der Waals surface area contributed by atoms with E-state index in [1.165, 1.54) is 4.90 Å². The minimum atomic E-state index is -0.390. The maximum absolute atomic E-state index is 13.2. The first-order valence-corrected chi connectivity index (χ1v) is 10.4. The van der Waals surface area contributed by atoms with Gasteiger partial charge in [-0.15, -0.1) is 0 Å². The van der Waals surface area contributed by atoms with Gasteiger partial charge in [-0.1, -0.05) is 18.2 Å². The number of Topliss-reactive ketones (excluding diaryl/α,β-unsaturated/α-hetero) is 1. The molecule has 6 nitrogen and oxygen atoms in total. The number of benzene rings is 2. The molecule has 2 aliphatic rings. The Morgan fingerprint density at radius 1 is 0.900 bits per heavy atom. The lowest BCUT2D eigenvalue weighted by Gasteiger charge is -2.38. The predicted molar refractivity (Wildman–Crippen MR) is 117 cm³/mol. The van der Waals surface area contributed by atoms with E-state index in [9.17, 15) is 14.4 Å². The summed E-state index contributed by atoms with van der Waals surface area (Å²) in [6.45, 7) is 8.44. The Bertz CT molecular complexity index is 971. The monoisotopic (exact) mass is 405 g/mol. The number of ketones is 1. The second kappa shape index (κ2) is 8.03. The molecule has 0 aromatic heterocycles. The normalized spacial score (nSPS) is 20.2. The average Bonchev–Trinajstić information content (AvgIpc) is 3.02. The summed E-state index contributed by atoms with van der Waals surface area (Å²) in [5.74, 6) is -0.175. The predicted octanol–water partition coefficient (Wildman–Crippen LogP) is 2.96. The second-order valence-corrected chi connectivity index (χ2v) is 8.15. The van der Waals surface area contributed by atoms with Crippen molar-refractivity contribution in [1.29, 1.82) is 0 Å². The molecule has 2 aromatic rings. The van der Waals surface area contributed by atoms with Gasteiger partial charge in [-0.25, -0.2) is 4.90 Å². The number of hydrogen-bond acceptors (Lipinski definition) is 5. The number of rotatable bonds is 4. The van der Waals surface area contributed by atoms with Crippen LogP contribution < -0.4 is 9.80 Å². The fourth-order valence-electron chi connectivity index (χ4n) is 4.49. The molecule has 0 aliphatic carbocycles. The average molecular weight is 405 g/mol. The van der Waals surface area contributed by atoms with Gasteiger partial charge in [0.05, 0.1) is 18.2 Å². The van der Waals surface area contributed by atoms with Crippen molar-refractivity contribution in [2.24, 2.45) is 0 Å². The van der Waals surface area contributed by atoms with E-state index in [2.05, 4.69) is 9.80 Å². The van der Waals surface area contributed by atoms with E-state index < -0.39 is 6.04 Å². The summed E-state index contributed by atoms with van der Waals surface area (Å²) in [7, 11) is 0. The van der Waals surface area contributed by atoms with Crippen molar-refractivity contribution < 1.29 is 14.4 Å². The SMILES string of the molecule is CC(=O)c1ccc(N2CCN(C3CC(=O)N(c4c(C)cccc4C)C3=O)CC2)cc1. The van der Waals surface area contributed by atoms with Crippen molar-refractivity contribution in [2.45, 2.75) is 33.2 Å². The smallest absolute Gasteiger partial charge is 0.251 e. The van der Waals surface area contributed by atoms with Crippen LogP contribution in [0.4, 0.5) is 11.4 Å². The lowest BCUT2D eigenvalue weighted by Crippen LogP contribution is -2.52. The molecule has 6 heteroatoms. The Labute approximate surface area is 177 Å². The van der Waals surface area contributed by atoms with Gasteiger partial charge in [-0.2, -0.15) is 0 Å². The van der Waals surface area contributed by atoms with Crippen LogP contribution in [0.1, 0.15) is 34.8 Å². The van der Waals surface area contributed by atoms with E-state index >= 15 is 0 Å². The van der Waals surface area contributed by atoms with Gasteiger partial charge in [0.25, 0.3) is 5.91 Å². The van der Waals surface area contributed by atoms with Gasteiger partial charge >= 0.3 is 0 Å². The molecule has 2 aliphatic heterocycles. The Hall–Kier alpha value is -2.99. The van der Waals surface area contributed by atoms with Crippen LogP contribution in [-0.2, 0) is 9.59 Å². The van der Waals surface area contributed by atoms with E-state index in [0.717, 1.165) is 48.7 Å². The summed E-state index contributed by atoms with van der Waals surface area (Å²) >= 11 is 0. The Kier molecular flexibility index (Phi) is 5.43. The summed E-state index contributed by atoms with van der Waals surface area (Å²) in [4.78, 5) is 43.2. The number of carbonyl (C=O) groups excluding carboxylic acids is 3. The van der Waals surface area contributed by atoms with Gasteiger partial charge in [0, 0.05) is 37.4 Å². The van der Waals surface area contributed by atoms with Crippen LogP contribution in [0, 0.1) is 13.8 Å². The molecule has 1 unspecified atom stereocenters. The molecule has 2 fully saturated rings. The molecule has 1 atom stereocenters. The molecule has 2 saturated heterocycles. The zero-order valence-corrected chi connectivity index (χ0v) is 17.7. The quantitative estimate of drug-likeness (QED) is 0.578. The zero-order chi connectivity index (χ0) is 21.4. The first-order chi connectivity index (χ1) is 14.4. The minimum Gasteiger partial charge on any atom is -0.369 e. The summed E-state index contributed by atoms with van der Waals surface area (Å²) < 4.78 is 0. The Balaban J connectivity index is 1.44. The van der Waals surface area contributed by atoms with Crippen LogP contribution >= 0.6 is 0 Å². The molecule has 0 saturated carbocycles. The van der Waals surface area contributed by atoms with Crippen LogP contribution in [0.3, 0.4) is 0 Å². The molecule has 0 N–H and O–H groups in total. The third-order valence-corrected chi connectivity index (χ3v) is 6.18. The number of hydrogen-bond donors (Lipinski definition) is 0. The van der Waals surface area contributed by atoms with Crippen LogP contribution in [0.2, 0.25) is 0 Å². The molecule has 2 amide bonds. The molecule has 2 heterocycles. The summed E-state index contributed by atoms with van der Waals surface area (Å²) in [6, 6.07) is 13.1. The Morgan fingerprint density at radius 2 is 1.50 bits per heavy atom. The van der Waals surface area contributed by atoms with Gasteiger partial charge in [-0.3, -0.25) is 19.3 Å².